The SMILES string of the molecule is CC(NC(=O)c1cnc(C(=O)O)cn1)C1(N2CCOCC2)CCCC1. The molecule has 0 radical (unpaired) electrons. The number of aromatic carboxylic acids is 1. The minimum Gasteiger partial charge on any atom is -0.476 e. The highest BCUT2D eigenvalue weighted by atomic mass is 16.5. The van der Waals surface area contributed by atoms with Crippen molar-refractivity contribution in [3.63, 3.8) is 0 Å². The molecule has 1 aromatic rings. The van der Waals surface area contributed by atoms with Crippen LogP contribution in [0.3, 0.4) is 0 Å². The molecule has 1 aromatic heterocycles. The number of carbonyl (C=O) groups is 2. The molecule has 0 aromatic carbocycles. The molecule has 25 heavy (non-hydrogen) atoms. The Bertz CT molecular complexity index is 622. The van der Waals surface area contributed by atoms with Crippen molar-refractivity contribution >= 4 is 11.9 Å². The first-order valence-electron chi connectivity index (χ1n) is 8.72. The van der Waals surface area contributed by atoms with Crippen LogP contribution < -0.4 is 5.32 Å². The second kappa shape index (κ2) is 7.45. The molecule has 1 saturated heterocycles. The van der Waals surface area contributed by atoms with E-state index in [4.69, 9.17) is 9.84 Å². The fourth-order valence-corrected chi connectivity index (χ4v) is 3.98. The molecule has 1 aliphatic carbocycles. The van der Waals surface area contributed by atoms with E-state index in [1.807, 2.05) is 6.92 Å². The van der Waals surface area contributed by atoms with E-state index in [1.54, 1.807) is 0 Å². The molecule has 8 heteroatoms. The van der Waals surface area contributed by atoms with Crippen molar-refractivity contribution in [1.29, 1.82) is 0 Å². The molecule has 1 unspecified atom stereocenters. The van der Waals surface area contributed by atoms with Crippen LogP contribution in [0.5, 0.6) is 0 Å². The molecular formula is C17H24N4O4. The van der Waals surface area contributed by atoms with Crippen molar-refractivity contribution in [2.45, 2.75) is 44.2 Å². The van der Waals surface area contributed by atoms with Gasteiger partial charge in [0.15, 0.2) is 5.69 Å². The zero-order valence-corrected chi connectivity index (χ0v) is 14.4. The molecule has 136 valence electrons. The van der Waals surface area contributed by atoms with E-state index in [0.29, 0.717) is 0 Å². The Morgan fingerprint density at radius 2 is 1.80 bits per heavy atom. The number of amides is 1. The number of carboxylic acid groups (broad SMARTS) is 1. The number of ether oxygens (including phenoxy) is 1. The third-order valence-corrected chi connectivity index (χ3v) is 5.37. The van der Waals surface area contributed by atoms with Gasteiger partial charge in [-0.05, 0) is 19.8 Å². The first kappa shape index (κ1) is 17.8. The van der Waals surface area contributed by atoms with Gasteiger partial charge in [-0.3, -0.25) is 9.69 Å². The van der Waals surface area contributed by atoms with Gasteiger partial charge in [-0.2, -0.15) is 0 Å². The highest BCUT2D eigenvalue weighted by Crippen LogP contribution is 2.38. The highest BCUT2D eigenvalue weighted by molar-refractivity contribution is 5.93. The van der Waals surface area contributed by atoms with Crippen molar-refractivity contribution in [1.82, 2.24) is 20.2 Å². The van der Waals surface area contributed by atoms with Crippen molar-refractivity contribution in [2.75, 3.05) is 26.3 Å². The van der Waals surface area contributed by atoms with E-state index in [-0.39, 0.29) is 28.9 Å². The topological polar surface area (TPSA) is 105 Å². The van der Waals surface area contributed by atoms with Crippen LogP contribution in [0, 0.1) is 0 Å². The lowest BCUT2D eigenvalue weighted by molar-refractivity contribution is -0.0323. The van der Waals surface area contributed by atoms with Crippen LogP contribution in [-0.2, 0) is 4.74 Å². The van der Waals surface area contributed by atoms with Crippen LogP contribution in [0.15, 0.2) is 12.4 Å². The Balaban J connectivity index is 1.71. The van der Waals surface area contributed by atoms with Gasteiger partial charge in [-0.1, -0.05) is 12.8 Å². The summed E-state index contributed by atoms with van der Waals surface area (Å²) in [5.74, 6) is -1.48. The summed E-state index contributed by atoms with van der Waals surface area (Å²) in [5, 5.41) is 11.9. The van der Waals surface area contributed by atoms with Crippen molar-refractivity contribution in [3.05, 3.63) is 23.8 Å². The molecule has 1 atom stereocenters. The van der Waals surface area contributed by atoms with Gasteiger partial charge in [-0.25, -0.2) is 14.8 Å². The maximum absolute atomic E-state index is 12.5. The summed E-state index contributed by atoms with van der Waals surface area (Å²) in [7, 11) is 0. The van der Waals surface area contributed by atoms with E-state index in [2.05, 4.69) is 20.2 Å². The van der Waals surface area contributed by atoms with Crippen LogP contribution in [0.2, 0.25) is 0 Å². The summed E-state index contributed by atoms with van der Waals surface area (Å²) in [6.07, 6.45) is 6.74. The summed E-state index contributed by atoms with van der Waals surface area (Å²) in [6, 6.07) is -0.0402. The Morgan fingerprint density at radius 3 is 2.36 bits per heavy atom. The number of nitrogens with zero attached hydrogens (tertiary/aromatic N) is 3. The number of nitrogens with one attached hydrogen (secondary N) is 1. The Labute approximate surface area is 146 Å². The van der Waals surface area contributed by atoms with Gasteiger partial charge in [0.2, 0.25) is 0 Å². The third kappa shape index (κ3) is 3.64. The van der Waals surface area contributed by atoms with E-state index in [0.717, 1.165) is 58.2 Å². The van der Waals surface area contributed by atoms with Crippen LogP contribution in [0.25, 0.3) is 0 Å². The van der Waals surface area contributed by atoms with Crippen LogP contribution in [-0.4, -0.2) is 69.7 Å². The van der Waals surface area contributed by atoms with Gasteiger partial charge in [0.1, 0.15) is 5.69 Å². The zero-order valence-electron chi connectivity index (χ0n) is 14.4. The average Bonchev–Trinajstić information content (AvgIpc) is 3.13. The van der Waals surface area contributed by atoms with E-state index in [1.165, 1.54) is 6.20 Å². The van der Waals surface area contributed by atoms with E-state index >= 15 is 0 Å². The number of morpholine rings is 1. The number of carboxylic acids is 1. The van der Waals surface area contributed by atoms with Crippen molar-refractivity contribution in [2.24, 2.45) is 0 Å². The molecule has 2 fully saturated rings. The average molecular weight is 348 g/mol. The summed E-state index contributed by atoms with van der Waals surface area (Å²) in [5.41, 5.74) is -0.0920. The van der Waals surface area contributed by atoms with Gasteiger partial charge in [-0.15, -0.1) is 0 Å². The van der Waals surface area contributed by atoms with Crippen molar-refractivity contribution in [3.8, 4) is 0 Å². The molecule has 0 bridgehead atoms. The molecule has 1 amide bonds. The monoisotopic (exact) mass is 348 g/mol. The number of hydrogen-bond acceptors (Lipinski definition) is 6. The summed E-state index contributed by atoms with van der Waals surface area (Å²) >= 11 is 0. The minimum atomic E-state index is -1.16. The summed E-state index contributed by atoms with van der Waals surface area (Å²) in [6.45, 7) is 5.26. The smallest absolute Gasteiger partial charge is 0.356 e. The van der Waals surface area contributed by atoms with Crippen LogP contribution >= 0.6 is 0 Å². The van der Waals surface area contributed by atoms with Gasteiger partial charge in [0.25, 0.3) is 5.91 Å². The molecule has 1 saturated carbocycles. The Morgan fingerprint density at radius 1 is 1.20 bits per heavy atom. The first-order valence-corrected chi connectivity index (χ1v) is 8.72. The lowest BCUT2D eigenvalue weighted by Crippen LogP contribution is -2.62. The highest BCUT2D eigenvalue weighted by Gasteiger charge is 2.45. The summed E-state index contributed by atoms with van der Waals surface area (Å²) in [4.78, 5) is 33.5. The molecule has 2 heterocycles. The molecule has 2 aliphatic rings. The first-order chi connectivity index (χ1) is 12.0. The largest absolute Gasteiger partial charge is 0.476 e. The number of carbonyl (C=O) groups excluding carboxylic acids is 1. The predicted octanol–water partition coefficient (Wildman–Crippen LogP) is 0.938. The van der Waals surface area contributed by atoms with E-state index in [9.17, 15) is 9.59 Å². The predicted molar refractivity (Wildman–Crippen MR) is 89.5 cm³/mol. The van der Waals surface area contributed by atoms with Crippen molar-refractivity contribution < 1.29 is 19.4 Å². The lowest BCUT2D eigenvalue weighted by Gasteiger charge is -2.47. The maximum atomic E-state index is 12.5. The third-order valence-electron chi connectivity index (χ3n) is 5.37. The quantitative estimate of drug-likeness (QED) is 0.816. The Hall–Kier alpha value is -2.06. The standard InChI is InChI=1S/C17H24N4O4/c1-12(17(4-2-3-5-17)21-6-8-25-9-7-21)20-15(22)13-10-19-14(11-18-13)16(23)24/h10-12H,2-9H2,1H3,(H,20,22)(H,23,24). The van der Waals surface area contributed by atoms with Crippen LogP contribution in [0.4, 0.5) is 0 Å². The fourth-order valence-electron chi connectivity index (χ4n) is 3.98. The van der Waals surface area contributed by atoms with Gasteiger partial charge < -0.3 is 15.2 Å². The second-order valence-corrected chi connectivity index (χ2v) is 6.70. The van der Waals surface area contributed by atoms with Crippen LogP contribution in [0.1, 0.15) is 53.6 Å². The van der Waals surface area contributed by atoms with Gasteiger partial charge in [0.05, 0.1) is 25.6 Å². The molecular weight excluding hydrogens is 324 g/mol. The minimum absolute atomic E-state index is 0.0402. The van der Waals surface area contributed by atoms with E-state index < -0.39 is 5.97 Å². The Kier molecular flexibility index (Phi) is 5.29. The molecule has 2 N–H and O–H groups in total. The summed E-state index contributed by atoms with van der Waals surface area (Å²) < 4.78 is 5.47. The number of rotatable bonds is 5. The second-order valence-electron chi connectivity index (χ2n) is 6.70. The fraction of sp³-hybridized carbons (Fsp3) is 0.647. The normalized spacial score (nSPS) is 21.6. The zero-order chi connectivity index (χ0) is 17.9. The molecule has 3 rings (SSSR count). The number of hydrogen-bond donors (Lipinski definition) is 2. The van der Waals surface area contributed by atoms with Gasteiger partial charge >= 0.3 is 5.97 Å². The lowest BCUT2D eigenvalue weighted by atomic mass is 9.86. The van der Waals surface area contributed by atoms with Gasteiger partial charge in [0, 0.05) is 24.7 Å². The molecule has 1 aliphatic heterocycles. The maximum Gasteiger partial charge on any atom is 0.356 e. The number of aromatic nitrogens is 2. The molecule has 8 nitrogen and oxygen atoms in total. The molecule has 0 spiro atoms.